The minimum Gasteiger partial charge on any atom is -0.464 e. The van der Waals surface area contributed by atoms with Crippen LogP contribution in [0.15, 0.2) is 30.3 Å². The normalized spacial score (nSPS) is 14.0. The van der Waals surface area contributed by atoms with E-state index in [1.165, 1.54) is 6.92 Å². The third kappa shape index (κ3) is 9.96. The van der Waals surface area contributed by atoms with Crippen molar-refractivity contribution < 1.29 is 28.7 Å². The predicted octanol–water partition coefficient (Wildman–Crippen LogP) is 2.84. The number of benzene rings is 1. The Morgan fingerprint density at radius 3 is 2.27 bits per heavy atom. The molecule has 0 spiro atoms. The number of amides is 2. The van der Waals surface area contributed by atoms with Gasteiger partial charge in [0.15, 0.2) is 11.2 Å². The van der Waals surface area contributed by atoms with Crippen LogP contribution in [0.1, 0.15) is 53.5 Å². The third-order valence-electron chi connectivity index (χ3n) is 4.99. The van der Waals surface area contributed by atoms with Gasteiger partial charge in [-0.25, -0.2) is 4.79 Å². The fourth-order valence-corrected chi connectivity index (χ4v) is 3.82. The van der Waals surface area contributed by atoms with Crippen LogP contribution in [0.5, 0.6) is 0 Å². The summed E-state index contributed by atoms with van der Waals surface area (Å²) in [5.74, 6) is -1.65. The molecule has 1 aromatic rings. The molecule has 3 atom stereocenters. The molecule has 0 aliphatic rings. The lowest BCUT2D eigenvalue weighted by molar-refractivity contribution is -0.150. The molecule has 0 aromatic heterocycles. The Labute approximate surface area is 200 Å². The number of rotatable bonds is 13. The topological polar surface area (TPSA) is 111 Å². The van der Waals surface area contributed by atoms with Crippen LogP contribution in [0.3, 0.4) is 0 Å². The number of hydrogen-bond donors (Lipinski definition) is 2. The van der Waals surface area contributed by atoms with Gasteiger partial charge in [-0.1, -0.05) is 62.4 Å². The molecular weight excluding hydrogens is 444 g/mol. The molecule has 0 saturated carbocycles. The van der Waals surface area contributed by atoms with E-state index in [1.54, 1.807) is 20.8 Å². The summed E-state index contributed by atoms with van der Waals surface area (Å²) in [5.41, 5.74) is -0.400. The maximum Gasteiger partial charge on any atom is 0.331 e. The van der Waals surface area contributed by atoms with Gasteiger partial charge < -0.3 is 20.1 Å². The summed E-state index contributed by atoms with van der Waals surface area (Å²) in [6.07, 6.45) is 0.703. The molecule has 0 heterocycles. The fourth-order valence-electron chi connectivity index (χ4n) is 2.88. The molecule has 0 aliphatic carbocycles. The Kier molecular flexibility index (Phi) is 12.2. The molecule has 1 rings (SSSR count). The Morgan fingerprint density at radius 2 is 1.73 bits per heavy atom. The zero-order valence-electron chi connectivity index (χ0n) is 20.3. The van der Waals surface area contributed by atoms with Crippen molar-refractivity contribution in [3.8, 4) is 0 Å². The lowest BCUT2D eigenvalue weighted by Crippen LogP contribution is -2.60. The number of nitrogens with one attached hydrogen (secondary N) is 2. The fraction of sp³-hybridized carbons (Fsp3) is 0.583. The average molecular weight is 481 g/mol. The molecule has 0 aliphatic heterocycles. The summed E-state index contributed by atoms with van der Waals surface area (Å²) < 4.78 is 10.7. The quantitative estimate of drug-likeness (QED) is 0.418. The van der Waals surface area contributed by atoms with E-state index in [9.17, 15) is 19.2 Å². The SMILES string of the molecule is CCOC(=O)[C@H](COCc1ccccc1)NC(=O)C(C)(C)NC(=O)[C@H](SC(C)=O)C(C)CC. The van der Waals surface area contributed by atoms with Crippen molar-refractivity contribution in [3.05, 3.63) is 35.9 Å². The van der Waals surface area contributed by atoms with Crippen LogP contribution in [-0.2, 0) is 35.3 Å². The zero-order chi connectivity index (χ0) is 25.0. The van der Waals surface area contributed by atoms with Crippen LogP contribution in [0.2, 0.25) is 0 Å². The number of ether oxygens (including phenoxy) is 2. The van der Waals surface area contributed by atoms with E-state index in [2.05, 4.69) is 10.6 Å². The predicted molar refractivity (Wildman–Crippen MR) is 128 cm³/mol. The molecular formula is C24H36N2O6S. The summed E-state index contributed by atoms with van der Waals surface area (Å²) in [7, 11) is 0. The first-order valence-corrected chi connectivity index (χ1v) is 12.0. The monoisotopic (exact) mass is 480 g/mol. The highest BCUT2D eigenvalue weighted by Gasteiger charge is 2.36. The van der Waals surface area contributed by atoms with Crippen molar-refractivity contribution in [2.45, 2.75) is 71.4 Å². The van der Waals surface area contributed by atoms with Gasteiger partial charge in [-0.05, 0) is 32.3 Å². The lowest BCUT2D eigenvalue weighted by Gasteiger charge is -2.30. The Bertz CT molecular complexity index is 799. The van der Waals surface area contributed by atoms with Crippen LogP contribution >= 0.6 is 11.8 Å². The number of carbonyl (C=O) groups is 4. The summed E-state index contributed by atoms with van der Waals surface area (Å²) in [6.45, 7) is 10.3. The average Bonchev–Trinajstić information content (AvgIpc) is 2.76. The number of thioether (sulfide) groups is 1. The maximum atomic E-state index is 13.0. The zero-order valence-corrected chi connectivity index (χ0v) is 21.1. The van der Waals surface area contributed by atoms with Gasteiger partial charge >= 0.3 is 5.97 Å². The smallest absolute Gasteiger partial charge is 0.331 e. The molecule has 1 aromatic carbocycles. The van der Waals surface area contributed by atoms with Gasteiger partial charge in [0.1, 0.15) is 5.54 Å². The number of hydrogen-bond acceptors (Lipinski definition) is 7. The lowest BCUT2D eigenvalue weighted by atomic mass is 10.00. The molecule has 1 unspecified atom stereocenters. The first-order valence-electron chi connectivity index (χ1n) is 11.1. The minimum atomic E-state index is -1.33. The second-order valence-electron chi connectivity index (χ2n) is 8.31. The van der Waals surface area contributed by atoms with Crippen LogP contribution in [-0.4, -0.2) is 52.9 Å². The van der Waals surface area contributed by atoms with Crippen molar-refractivity contribution in [2.24, 2.45) is 5.92 Å². The van der Waals surface area contributed by atoms with Crippen LogP contribution in [0.25, 0.3) is 0 Å². The van der Waals surface area contributed by atoms with Gasteiger partial charge in [0.25, 0.3) is 0 Å². The van der Waals surface area contributed by atoms with Crippen LogP contribution in [0, 0.1) is 5.92 Å². The highest BCUT2D eigenvalue weighted by atomic mass is 32.2. The van der Waals surface area contributed by atoms with Gasteiger partial charge in [-0.15, -0.1) is 0 Å². The Hall–Kier alpha value is -2.39. The maximum absolute atomic E-state index is 13.0. The second kappa shape index (κ2) is 14.0. The van der Waals surface area contributed by atoms with E-state index in [0.717, 1.165) is 17.3 Å². The largest absolute Gasteiger partial charge is 0.464 e. The second-order valence-corrected chi connectivity index (χ2v) is 9.63. The summed E-state index contributed by atoms with van der Waals surface area (Å²) in [5, 5.41) is 4.56. The molecule has 33 heavy (non-hydrogen) atoms. The van der Waals surface area contributed by atoms with E-state index >= 15 is 0 Å². The molecule has 0 radical (unpaired) electrons. The molecule has 2 amide bonds. The van der Waals surface area contributed by atoms with Crippen LogP contribution in [0.4, 0.5) is 0 Å². The Balaban J connectivity index is 2.84. The summed E-state index contributed by atoms with van der Waals surface area (Å²) in [4.78, 5) is 49.8. The van der Waals surface area contributed by atoms with E-state index in [0.29, 0.717) is 6.42 Å². The number of esters is 1. The molecule has 0 saturated heterocycles. The summed E-state index contributed by atoms with van der Waals surface area (Å²) >= 11 is 0.950. The van der Waals surface area contributed by atoms with Gasteiger partial charge in [0, 0.05) is 6.92 Å². The molecule has 8 nitrogen and oxygen atoms in total. The van der Waals surface area contributed by atoms with Crippen molar-refractivity contribution in [2.75, 3.05) is 13.2 Å². The molecule has 9 heteroatoms. The van der Waals surface area contributed by atoms with E-state index in [4.69, 9.17) is 9.47 Å². The highest BCUT2D eigenvalue weighted by molar-refractivity contribution is 8.14. The summed E-state index contributed by atoms with van der Waals surface area (Å²) in [6, 6.07) is 8.40. The van der Waals surface area contributed by atoms with Gasteiger partial charge in [0.05, 0.1) is 25.1 Å². The van der Waals surface area contributed by atoms with E-state index in [1.807, 2.05) is 44.2 Å². The van der Waals surface area contributed by atoms with Crippen molar-refractivity contribution >= 4 is 34.7 Å². The molecule has 2 N–H and O–H groups in total. The molecule has 0 bridgehead atoms. The molecule has 184 valence electrons. The van der Waals surface area contributed by atoms with Crippen LogP contribution < -0.4 is 10.6 Å². The van der Waals surface area contributed by atoms with Gasteiger partial charge in [0.2, 0.25) is 11.8 Å². The third-order valence-corrected chi connectivity index (χ3v) is 6.25. The van der Waals surface area contributed by atoms with Crippen molar-refractivity contribution in [1.82, 2.24) is 10.6 Å². The van der Waals surface area contributed by atoms with Crippen molar-refractivity contribution in [1.29, 1.82) is 0 Å². The number of carbonyl (C=O) groups excluding carboxylic acids is 4. The molecule has 0 fully saturated rings. The van der Waals surface area contributed by atoms with Gasteiger partial charge in [-0.3, -0.25) is 14.4 Å². The van der Waals surface area contributed by atoms with E-state index < -0.39 is 34.6 Å². The Morgan fingerprint density at radius 1 is 1.09 bits per heavy atom. The first kappa shape index (κ1) is 28.6. The highest BCUT2D eigenvalue weighted by Crippen LogP contribution is 2.24. The standard InChI is InChI=1S/C24H36N2O6S/c1-7-16(3)20(33-17(4)27)21(28)26-24(5,6)23(30)25-19(22(29)32-8-2)15-31-14-18-12-10-9-11-13-18/h9-13,16,19-20H,7-8,14-15H2,1-6H3,(H,25,30)(H,26,28)/t16?,19-,20+/m0/s1. The first-order chi connectivity index (χ1) is 15.5. The minimum absolute atomic E-state index is 0.0589. The van der Waals surface area contributed by atoms with Crippen molar-refractivity contribution in [3.63, 3.8) is 0 Å². The van der Waals surface area contributed by atoms with E-state index in [-0.39, 0.29) is 30.9 Å². The van der Waals surface area contributed by atoms with Gasteiger partial charge in [-0.2, -0.15) is 0 Å².